The van der Waals surface area contributed by atoms with Gasteiger partial charge in [0.05, 0.1) is 11.4 Å². The van der Waals surface area contributed by atoms with Gasteiger partial charge in [-0.15, -0.1) is 0 Å². The monoisotopic (exact) mass is 213 g/mol. The van der Waals surface area contributed by atoms with E-state index in [2.05, 4.69) is 23.3 Å². The molecular formula is C13H15N3. The van der Waals surface area contributed by atoms with E-state index in [0.29, 0.717) is 0 Å². The lowest BCUT2D eigenvalue weighted by Crippen LogP contribution is -2.16. The molecule has 1 heterocycles. The van der Waals surface area contributed by atoms with Gasteiger partial charge in [-0.25, -0.2) is 0 Å². The lowest BCUT2D eigenvalue weighted by Gasteiger charge is -2.16. The summed E-state index contributed by atoms with van der Waals surface area (Å²) in [5, 5.41) is 5.67. The molecule has 1 aromatic carbocycles. The van der Waals surface area contributed by atoms with Crippen LogP contribution in [-0.2, 0) is 0 Å². The molecule has 3 rings (SSSR count). The predicted molar refractivity (Wildman–Crippen MR) is 67.4 cm³/mol. The number of aromatic nitrogens is 1. The van der Waals surface area contributed by atoms with Gasteiger partial charge in [0.2, 0.25) is 0 Å². The highest BCUT2D eigenvalue weighted by molar-refractivity contribution is 5.98. The summed E-state index contributed by atoms with van der Waals surface area (Å²) in [5.74, 6) is 0. The Morgan fingerprint density at radius 1 is 1.31 bits per heavy atom. The molecule has 3 heteroatoms. The molecule has 0 atom stereocenters. The Labute approximate surface area is 94.7 Å². The van der Waals surface area contributed by atoms with Gasteiger partial charge in [0, 0.05) is 28.7 Å². The molecule has 0 aliphatic heterocycles. The number of fused-ring (bicyclic) bond motifs is 1. The molecule has 3 nitrogen and oxygen atoms in total. The molecule has 82 valence electrons. The van der Waals surface area contributed by atoms with Gasteiger partial charge >= 0.3 is 0 Å². The number of rotatable bonds is 2. The lowest BCUT2D eigenvalue weighted by molar-refractivity contribution is 0.830. The Kier molecular flexibility index (Phi) is 1.84. The first-order valence-corrected chi connectivity index (χ1v) is 5.58. The molecule has 0 unspecified atom stereocenters. The standard InChI is InChI=1S/C13H15N3/c1-13(5-6-13)16-11-3-2-9-8-15-7-4-10(9)12(11)14/h2-4,7-8,16H,5-6,14H2,1H3. The third kappa shape index (κ3) is 1.48. The van der Waals surface area contributed by atoms with Crippen LogP contribution in [0.5, 0.6) is 0 Å². The zero-order chi connectivity index (χ0) is 11.2. The Morgan fingerprint density at radius 3 is 2.88 bits per heavy atom. The van der Waals surface area contributed by atoms with Crippen LogP contribution in [-0.4, -0.2) is 10.5 Å². The van der Waals surface area contributed by atoms with Crippen molar-refractivity contribution in [3.05, 3.63) is 30.6 Å². The van der Waals surface area contributed by atoms with E-state index < -0.39 is 0 Å². The minimum atomic E-state index is 0.259. The average molecular weight is 213 g/mol. The molecule has 2 aromatic rings. The van der Waals surface area contributed by atoms with Crippen LogP contribution in [0.1, 0.15) is 19.8 Å². The van der Waals surface area contributed by atoms with E-state index in [4.69, 9.17) is 5.73 Å². The van der Waals surface area contributed by atoms with E-state index in [1.54, 1.807) is 6.20 Å². The van der Waals surface area contributed by atoms with Gasteiger partial charge in [-0.3, -0.25) is 4.98 Å². The number of pyridine rings is 1. The van der Waals surface area contributed by atoms with Crippen LogP contribution < -0.4 is 11.1 Å². The number of nitrogens with one attached hydrogen (secondary N) is 1. The summed E-state index contributed by atoms with van der Waals surface area (Å²) in [6.45, 7) is 2.23. The van der Waals surface area contributed by atoms with Gasteiger partial charge in [-0.1, -0.05) is 6.07 Å². The van der Waals surface area contributed by atoms with Crippen molar-refractivity contribution in [3.63, 3.8) is 0 Å². The zero-order valence-electron chi connectivity index (χ0n) is 9.33. The maximum atomic E-state index is 6.16. The highest BCUT2D eigenvalue weighted by Crippen LogP contribution is 2.40. The summed E-state index contributed by atoms with van der Waals surface area (Å²) in [4.78, 5) is 4.09. The summed E-state index contributed by atoms with van der Waals surface area (Å²) in [7, 11) is 0. The van der Waals surface area contributed by atoms with Crippen LogP contribution >= 0.6 is 0 Å². The van der Waals surface area contributed by atoms with E-state index >= 15 is 0 Å². The molecule has 0 amide bonds. The van der Waals surface area contributed by atoms with Gasteiger partial charge in [-0.2, -0.15) is 0 Å². The minimum Gasteiger partial charge on any atom is -0.397 e. The third-order valence-electron chi connectivity index (χ3n) is 3.30. The van der Waals surface area contributed by atoms with E-state index in [-0.39, 0.29) is 5.54 Å². The first kappa shape index (κ1) is 9.46. The Balaban J connectivity index is 2.09. The van der Waals surface area contributed by atoms with Crippen LogP contribution in [0.4, 0.5) is 11.4 Å². The highest BCUT2D eigenvalue weighted by atomic mass is 15.0. The second-order valence-corrected chi connectivity index (χ2v) is 4.81. The molecule has 1 aliphatic carbocycles. The number of benzene rings is 1. The molecule has 1 aromatic heterocycles. The topological polar surface area (TPSA) is 50.9 Å². The summed E-state index contributed by atoms with van der Waals surface area (Å²) >= 11 is 0. The van der Waals surface area contributed by atoms with Crippen LogP contribution in [0.2, 0.25) is 0 Å². The quantitative estimate of drug-likeness (QED) is 0.754. The van der Waals surface area contributed by atoms with E-state index in [1.165, 1.54) is 12.8 Å². The predicted octanol–water partition coefficient (Wildman–Crippen LogP) is 2.78. The number of hydrogen-bond acceptors (Lipinski definition) is 3. The van der Waals surface area contributed by atoms with Crippen molar-refractivity contribution in [2.45, 2.75) is 25.3 Å². The molecular weight excluding hydrogens is 198 g/mol. The Hall–Kier alpha value is -1.77. The van der Waals surface area contributed by atoms with Crippen LogP contribution in [0.3, 0.4) is 0 Å². The molecule has 16 heavy (non-hydrogen) atoms. The smallest absolute Gasteiger partial charge is 0.0630 e. The van der Waals surface area contributed by atoms with Gasteiger partial charge < -0.3 is 11.1 Å². The molecule has 1 aliphatic rings. The van der Waals surface area contributed by atoms with Crippen molar-refractivity contribution in [1.29, 1.82) is 0 Å². The first-order chi connectivity index (χ1) is 7.68. The zero-order valence-corrected chi connectivity index (χ0v) is 9.33. The summed E-state index contributed by atoms with van der Waals surface area (Å²) in [6.07, 6.45) is 6.07. The van der Waals surface area contributed by atoms with Gasteiger partial charge in [0.1, 0.15) is 0 Å². The summed E-state index contributed by atoms with van der Waals surface area (Å²) < 4.78 is 0. The molecule has 0 spiro atoms. The fraction of sp³-hybridized carbons (Fsp3) is 0.308. The third-order valence-corrected chi connectivity index (χ3v) is 3.30. The van der Waals surface area contributed by atoms with Crippen molar-refractivity contribution < 1.29 is 0 Å². The van der Waals surface area contributed by atoms with Crippen molar-refractivity contribution in [3.8, 4) is 0 Å². The number of nitrogen functional groups attached to an aromatic ring is 1. The van der Waals surface area contributed by atoms with Crippen molar-refractivity contribution in [2.75, 3.05) is 11.1 Å². The highest BCUT2D eigenvalue weighted by Gasteiger charge is 2.37. The SMILES string of the molecule is CC1(Nc2ccc3cnccc3c2N)CC1. The Morgan fingerprint density at radius 2 is 2.12 bits per heavy atom. The molecule has 1 fully saturated rings. The maximum Gasteiger partial charge on any atom is 0.0630 e. The normalized spacial score (nSPS) is 17.3. The van der Waals surface area contributed by atoms with Crippen LogP contribution in [0.15, 0.2) is 30.6 Å². The van der Waals surface area contributed by atoms with Crippen molar-refractivity contribution in [2.24, 2.45) is 0 Å². The van der Waals surface area contributed by atoms with Crippen LogP contribution in [0, 0.1) is 0 Å². The minimum absolute atomic E-state index is 0.259. The van der Waals surface area contributed by atoms with E-state index in [0.717, 1.165) is 22.1 Å². The molecule has 0 radical (unpaired) electrons. The summed E-state index contributed by atoms with van der Waals surface area (Å²) in [5.41, 5.74) is 8.29. The molecule has 3 N–H and O–H groups in total. The average Bonchev–Trinajstić information content (AvgIpc) is 3.01. The number of anilines is 2. The molecule has 0 bridgehead atoms. The van der Waals surface area contributed by atoms with Crippen molar-refractivity contribution in [1.82, 2.24) is 4.98 Å². The first-order valence-electron chi connectivity index (χ1n) is 5.58. The van der Waals surface area contributed by atoms with Gasteiger partial charge in [0.25, 0.3) is 0 Å². The maximum absolute atomic E-state index is 6.16. The van der Waals surface area contributed by atoms with Gasteiger partial charge in [0.15, 0.2) is 0 Å². The fourth-order valence-electron chi connectivity index (χ4n) is 1.94. The van der Waals surface area contributed by atoms with Crippen LogP contribution in [0.25, 0.3) is 10.8 Å². The lowest BCUT2D eigenvalue weighted by atomic mass is 10.1. The van der Waals surface area contributed by atoms with E-state index in [1.807, 2.05) is 18.3 Å². The molecule has 1 saturated carbocycles. The van der Waals surface area contributed by atoms with Gasteiger partial charge in [-0.05, 0) is 31.9 Å². The summed E-state index contributed by atoms with van der Waals surface area (Å²) in [6, 6.07) is 6.07. The van der Waals surface area contributed by atoms with E-state index in [9.17, 15) is 0 Å². The second-order valence-electron chi connectivity index (χ2n) is 4.81. The Bertz CT molecular complexity index is 544. The fourth-order valence-corrected chi connectivity index (χ4v) is 1.94. The number of nitrogens with two attached hydrogens (primary N) is 1. The number of hydrogen-bond donors (Lipinski definition) is 2. The largest absolute Gasteiger partial charge is 0.397 e. The molecule has 0 saturated heterocycles. The second kappa shape index (κ2) is 3.11. The van der Waals surface area contributed by atoms with Crippen molar-refractivity contribution >= 4 is 22.1 Å². The number of nitrogens with zero attached hydrogens (tertiary/aromatic N) is 1.